The Morgan fingerprint density at radius 2 is 1.66 bits per heavy atom. The Labute approximate surface area is 174 Å². The van der Waals surface area contributed by atoms with Crippen LogP contribution in [0.3, 0.4) is 0 Å². The SMILES string of the molecule is CC(C)N(C)S(=O)(=O)c1cccc(C(=O)NCC(Cc2ccccc2)N(C)C)c1. The van der Waals surface area contributed by atoms with E-state index >= 15 is 0 Å². The Bertz CT molecular complexity index is 912. The molecular weight excluding hydrogens is 386 g/mol. The standard InChI is InChI=1S/C22H31N3O3S/c1-17(2)25(5)29(27,28)21-13-9-12-19(15-21)22(26)23-16-20(24(3)4)14-18-10-7-6-8-11-18/h6-13,15,17,20H,14,16H2,1-5H3,(H,23,26). The van der Waals surface area contributed by atoms with Gasteiger partial charge in [-0.1, -0.05) is 36.4 Å². The summed E-state index contributed by atoms with van der Waals surface area (Å²) in [6.07, 6.45) is 0.807. The fourth-order valence-electron chi connectivity index (χ4n) is 2.88. The van der Waals surface area contributed by atoms with Crippen LogP contribution in [0.15, 0.2) is 59.5 Å². The van der Waals surface area contributed by atoms with Crippen LogP contribution in [0.1, 0.15) is 29.8 Å². The highest BCUT2D eigenvalue weighted by Crippen LogP contribution is 2.18. The van der Waals surface area contributed by atoms with Crippen molar-refractivity contribution in [3.05, 3.63) is 65.7 Å². The van der Waals surface area contributed by atoms with Gasteiger partial charge in [0, 0.05) is 31.2 Å². The first-order chi connectivity index (χ1) is 13.6. The molecule has 0 spiro atoms. The molecule has 1 N–H and O–H groups in total. The van der Waals surface area contributed by atoms with E-state index in [2.05, 4.69) is 22.3 Å². The first-order valence-corrected chi connectivity index (χ1v) is 11.1. The van der Waals surface area contributed by atoms with Gasteiger partial charge in [0.05, 0.1) is 4.90 Å². The maximum atomic E-state index is 12.7. The zero-order chi connectivity index (χ0) is 21.6. The van der Waals surface area contributed by atoms with Gasteiger partial charge in [-0.05, 0) is 58.1 Å². The molecule has 6 nitrogen and oxygen atoms in total. The molecule has 0 saturated heterocycles. The number of rotatable bonds is 9. The smallest absolute Gasteiger partial charge is 0.251 e. The van der Waals surface area contributed by atoms with Crippen molar-refractivity contribution < 1.29 is 13.2 Å². The predicted molar refractivity (Wildman–Crippen MR) is 116 cm³/mol. The number of hydrogen-bond donors (Lipinski definition) is 1. The molecule has 0 aromatic heterocycles. The lowest BCUT2D eigenvalue weighted by Gasteiger charge is -2.25. The molecule has 7 heteroatoms. The van der Waals surface area contributed by atoms with E-state index in [9.17, 15) is 13.2 Å². The zero-order valence-electron chi connectivity index (χ0n) is 17.8. The van der Waals surface area contributed by atoms with Gasteiger partial charge in [0.15, 0.2) is 0 Å². The zero-order valence-corrected chi connectivity index (χ0v) is 18.6. The van der Waals surface area contributed by atoms with E-state index in [1.54, 1.807) is 12.1 Å². The summed E-state index contributed by atoms with van der Waals surface area (Å²) in [6.45, 7) is 4.08. The number of benzene rings is 2. The molecule has 0 aliphatic carbocycles. The summed E-state index contributed by atoms with van der Waals surface area (Å²) >= 11 is 0. The van der Waals surface area contributed by atoms with Crippen LogP contribution < -0.4 is 5.32 Å². The van der Waals surface area contributed by atoms with Crippen LogP contribution in [-0.4, -0.2) is 63.3 Å². The van der Waals surface area contributed by atoms with Crippen LogP contribution in [0.25, 0.3) is 0 Å². The molecule has 2 rings (SSSR count). The molecule has 158 valence electrons. The minimum Gasteiger partial charge on any atom is -0.350 e. The van der Waals surface area contributed by atoms with Crippen molar-refractivity contribution in [2.75, 3.05) is 27.7 Å². The van der Waals surface area contributed by atoms with E-state index in [0.717, 1.165) is 6.42 Å². The van der Waals surface area contributed by atoms with E-state index in [1.807, 2.05) is 46.1 Å². The number of amides is 1. The van der Waals surface area contributed by atoms with Gasteiger partial charge in [-0.3, -0.25) is 4.79 Å². The van der Waals surface area contributed by atoms with Gasteiger partial charge in [-0.25, -0.2) is 8.42 Å². The summed E-state index contributed by atoms with van der Waals surface area (Å²) in [5, 5.41) is 2.94. The van der Waals surface area contributed by atoms with Gasteiger partial charge < -0.3 is 10.2 Å². The minimum atomic E-state index is -3.63. The Kier molecular flexibility index (Phi) is 7.96. The second-order valence-electron chi connectivity index (χ2n) is 7.66. The van der Waals surface area contributed by atoms with Crippen LogP contribution >= 0.6 is 0 Å². The molecule has 0 radical (unpaired) electrons. The first-order valence-electron chi connectivity index (χ1n) is 9.69. The number of likely N-dealkylation sites (N-methyl/N-ethyl adjacent to an activating group) is 1. The third kappa shape index (κ3) is 6.13. The number of sulfonamides is 1. The van der Waals surface area contributed by atoms with E-state index in [1.165, 1.54) is 29.0 Å². The molecule has 2 aromatic carbocycles. The molecule has 0 saturated carbocycles. The van der Waals surface area contributed by atoms with Crippen molar-refractivity contribution in [2.45, 2.75) is 37.2 Å². The van der Waals surface area contributed by atoms with Crippen molar-refractivity contribution in [1.82, 2.24) is 14.5 Å². The summed E-state index contributed by atoms with van der Waals surface area (Å²) in [7, 11) is 1.87. The molecule has 0 aliphatic heterocycles. The summed E-state index contributed by atoms with van der Waals surface area (Å²) in [4.78, 5) is 14.9. The number of hydrogen-bond acceptors (Lipinski definition) is 4. The average molecular weight is 418 g/mol. The van der Waals surface area contributed by atoms with Crippen LogP contribution in [0.4, 0.5) is 0 Å². The lowest BCUT2D eigenvalue weighted by atomic mass is 10.1. The van der Waals surface area contributed by atoms with Crippen LogP contribution in [0.5, 0.6) is 0 Å². The minimum absolute atomic E-state index is 0.120. The molecule has 0 heterocycles. The average Bonchev–Trinajstić information content (AvgIpc) is 2.70. The van der Waals surface area contributed by atoms with E-state index in [4.69, 9.17) is 0 Å². The highest BCUT2D eigenvalue weighted by molar-refractivity contribution is 7.89. The summed E-state index contributed by atoms with van der Waals surface area (Å²) < 4.78 is 26.7. The maximum absolute atomic E-state index is 12.7. The number of carbonyl (C=O) groups excluding carboxylic acids is 1. The topological polar surface area (TPSA) is 69.7 Å². The quantitative estimate of drug-likeness (QED) is 0.681. The fraction of sp³-hybridized carbons (Fsp3) is 0.409. The lowest BCUT2D eigenvalue weighted by molar-refractivity contribution is 0.0941. The molecule has 1 amide bonds. The molecule has 1 atom stereocenters. The fourth-order valence-corrected chi connectivity index (χ4v) is 4.29. The number of nitrogens with one attached hydrogen (secondary N) is 1. The predicted octanol–water partition coefficient (Wildman–Crippen LogP) is 2.62. The summed E-state index contributed by atoms with van der Waals surface area (Å²) in [5.74, 6) is -0.283. The molecule has 1 unspecified atom stereocenters. The van der Waals surface area contributed by atoms with Crippen LogP contribution in [0.2, 0.25) is 0 Å². The van der Waals surface area contributed by atoms with Gasteiger partial charge >= 0.3 is 0 Å². The second-order valence-corrected chi connectivity index (χ2v) is 9.66. The van der Waals surface area contributed by atoms with Gasteiger partial charge in [0.25, 0.3) is 5.91 Å². The Morgan fingerprint density at radius 3 is 2.24 bits per heavy atom. The molecular formula is C22H31N3O3S. The second kappa shape index (κ2) is 10.0. The molecule has 0 aliphatic rings. The van der Waals surface area contributed by atoms with E-state index in [0.29, 0.717) is 12.1 Å². The van der Waals surface area contributed by atoms with Gasteiger partial charge in [0.2, 0.25) is 10.0 Å². The van der Waals surface area contributed by atoms with Crippen molar-refractivity contribution in [3.63, 3.8) is 0 Å². The highest BCUT2D eigenvalue weighted by atomic mass is 32.2. The first kappa shape index (κ1) is 23.1. The Hall–Kier alpha value is -2.22. The van der Waals surface area contributed by atoms with Crippen LogP contribution in [0, 0.1) is 0 Å². The molecule has 0 fully saturated rings. The lowest BCUT2D eigenvalue weighted by Crippen LogP contribution is -2.41. The van der Waals surface area contributed by atoms with E-state index in [-0.39, 0.29) is 22.9 Å². The maximum Gasteiger partial charge on any atom is 0.251 e. The van der Waals surface area contributed by atoms with Crippen LogP contribution in [-0.2, 0) is 16.4 Å². The van der Waals surface area contributed by atoms with Gasteiger partial charge in [-0.15, -0.1) is 0 Å². The Balaban J connectivity index is 2.10. The molecule has 0 bridgehead atoms. The Morgan fingerprint density at radius 1 is 1.00 bits per heavy atom. The highest BCUT2D eigenvalue weighted by Gasteiger charge is 2.24. The monoisotopic (exact) mass is 417 g/mol. The van der Waals surface area contributed by atoms with Crippen molar-refractivity contribution in [3.8, 4) is 0 Å². The van der Waals surface area contributed by atoms with Crippen molar-refractivity contribution >= 4 is 15.9 Å². The van der Waals surface area contributed by atoms with Crippen molar-refractivity contribution in [2.24, 2.45) is 0 Å². The number of nitrogens with zero attached hydrogens (tertiary/aromatic N) is 2. The third-order valence-electron chi connectivity index (χ3n) is 5.04. The van der Waals surface area contributed by atoms with Crippen molar-refractivity contribution in [1.29, 1.82) is 0 Å². The number of carbonyl (C=O) groups is 1. The van der Waals surface area contributed by atoms with Gasteiger partial charge in [0.1, 0.15) is 0 Å². The third-order valence-corrected chi connectivity index (χ3v) is 7.07. The molecule has 2 aromatic rings. The summed E-state index contributed by atoms with van der Waals surface area (Å²) in [6, 6.07) is 16.3. The summed E-state index contributed by atoms with van der Waals surface area (Å²) in [5.41, 5.74) is 1.53. The molecule has 29 heavy (non-hydrogen) atoms. The largest absolute Gasteiger partial charge is 0.350 e. The van der Waals surface area contributed by atoms with Gasteiger partial charge in [-0.2, -0.15) is 4.31 Å². The normalized spacial score (nSPS) is 13.1. The van der Waals surface area contributed by atoms with E-state index < -0.39 is 10.0 Å².